The van der Waals surface area contributed by atoms with Gasteiger partial charge < -0.3 is 28.4 Å². The molecule has 168 valence electrons. The SMILES string of the molecule is CCCCCCCC(=O)OCCOCCOCCOCCOCCOC(C)C. The van der Waals surface area contributed by atoms with Gasteiger partial charge in [0.25, 0.3) is 0 Å². The summed E-state index contributed by atoms with van der Waals surface area (Å²) in [6, 6.07) is 0. The maximum Gasteiger partial charge on any atom is 0.305 e. The Labute approximate surface area is 171 Å². The smallest absolute Gasteiger partial charge is 0.305 e. The van der Waals surface area contributed by atoms with Crippen molar-refractivity contribution >= 4 is 5.97 Å². The maximum atomic E-state index is 11.5. The Balaban J connectivity index is 3.11. The van der Waals surface area contributed by atoms with Gasteiger partial charge in [-0.2, -0.15) is 0 Å². The van der Waals surface area contributed by atoms with E-state index in [2.05, 4.69) is 6.92 Å². The Hall–Kier alpha value is -0.730. The average molecular weight is 407 g/mol. The molecule has 0 amide bonds. The summed E-state index contributed by atoms with van der Waals surface area (Å²) in [5, 5.41) is 0. The predicted molar refractivity (Wildman–Crippen MR) is 109 cm³/mol. The lowest BCUT2D eigenvalue weighted by atomic mass is 10.1. The summed E-state index contributed by atoms with van der Waals surface area (Å²) in [7, 11) is 0. The fourth-order valence-electron chi connectivity index (χ4n) is 2.26. The third-order valence-electron chi connectivity index (χ3n) is 3.77. The topological polar surface area (TPSA) is 72.5 Å². The molecule has 0 heterocycles. The molecule has 0 aromatic rings. The first-order valence-corrected chi connectivity index (χ1v) is 10.7. The van der Waals surface area contributed by atoms with Crippen LogP contribution in [-0.2, 0) is 33.2 Å². The first-order valence-electron chi connectivity index (χ1n) is 10.7. The van der Waals surface area contributed by atoms with Crippen molar-refractivity contribution < 1.29 is 33.2 Å². The van der Waals surface area contributed by atoms with E-state index in [9.17, 15) is 4.79 Å². The van der Waals surface area contributed by atoms with Crippen LogP contribution in [0.3, 0.4) is 0 Å². The van der Waals surface area contributed by atoms with Crippen LogP contribution in [0, 0.1) is 0 Å². The number of carbonyl (C=O) groups is 1. The van der Waals surface area contributed by atoms with Gasteiger partial charge in [-0.3, -0.25) is 4.79 Å². The van der Waals surface area contributed by atoms with Crippen LogP contribution < -0.4 is 0 Å². The van der Waals surface area contributed by atoms with E-state index in [0.29, 0.717) is 72.5 Å². The van der Waals surface area contributed by atoms with Crippen molar-refractivity contribution in [3.63, 3.8) is 0 Å². The fourth-order valence-corrected chi connectivity index (χ4v) is 2.26. The molecule has 0 aromatic heterocycles. The quantitative estimate of drug-likeness (QED) is 0.202. The molecule has 0 aliphatic carbocycles. The van der Waals surface area contributed by atoms with E-state index in [4.69, 9.17) is 28.4 Å². The zero-order valence-electron chi connectivity index (χ0n) is 18.2. The molecule has 0 saturated carbocycles. The Kier molecular flexibility index (Phi) is 22.0. The minimum atomic E-state index is -0.134. The number of ether oxygens (including phenoxy) is 6. The Morgan fingerprint density at radius 3 is 1.61 bits per heavy atom. The normalized spacial score (nSPS) is 11.3. The van der Waals surface area contributed by atoms with Crippen molar-refractivity contribution in [2.75, 3.05) is 66.1 Å². The third-order valence-corrected chi connectivity index (χ3v) is 3.77. The highest BCUT2D eigenvalue weighted by atomic mass is 16.6. The van der Waals surface area contributed by atoms with E-state index >= 15 is 0 Å². The van der Waals surface area contributed by atoms with E-state index in [-0.39, 0.29) is 12.1 Å². The zero-order chi connectivity index (χ0) is 20.7. The second-order valence-electron chi connectivity index (χ2n) is 6.75. The largest absolute Gasteiger partial charge is 0.463 e. The number of esters is 1. The van der Waals surface area contributed by atoms with Gasteiger partial charge in [-0.25, -0.2) is 0 Å². The fraction of sp³-hybridized carbons (Fsp3) is 0.952. The van der Waals surface area contributed by atoms with Crippen molar-refractivity contribution in [2.24, 2.45) is 0 Å². The monoisotopic (exact) mass is 406 g/mol. The average Bonchev–Trinajstić information content (AvgIpc) is 2.67. The molecule has 0 bridgehead atoms. The van der Waals surface area contributed by atoms with Gasteiger partial charge >= 0.3 is 5.97 Å². The molecular weight excluding hydrogens is 364 g/mol. The van der Waals surface area contributed by atoms with Crippen LogP contribution in [0.4, 0.5) is 0 Å². The van der Waals surface area contributed by atoms with Crippen molar-refractivity contribution in [3.8, 4) is 0 Å². The van der Waals surface area contributed by atoms with Crippen LogP contribution in [-0.4, -0.2) is 78.1 Å². The van der Waals surface area contributed by atoms with Gasteiger partial charge in [0.15, 0.2) is 0 Å². The lowest BCUT2D eigenvalue weighted by Crippen LogP contribution is -2.15. The first kappa shape index (κ1) is 27.3. The molecular formula is C21H42O7. The van der Waals surface area contributed by atoms with Gasteiger partial charge in [-0.1, -0.05) is 32.6 Å². The number of carbonyl (C=O) groups excluding carboxylic acids is 1. The highest BCUT2D eigenvalue weighted by Gasteiger charge is 2.02. The second-order valence-corrected chi connectivity index (χ2v) is 6.75. The molecule has 0 aliphatic rings. The third kappa shape index (κ3) is 23.3. The summed E-state index contributed by atoms with van der Waals surface area (Å²) >= 11 is 0. The van der Waals surface area contributed by atoms with Gasteiger partial charge in [0, 0.05) is 6.42 Å². The summed E-state index contributed by atoms with van der Waals surface area (Å²) in [4.78, 5) is 11.5. The molecule has 7 heteroatoms. The highest BCUT2D eigenvalue weighted by molar-refractivity contribution is 5.69. The van der Waals surface area contributed by atoms with Crippen LogP contribution in [0.5, 0.6) is 0 Å². The minimum Gasteiger partial charge on any atom is -0.463 e. The number of unbranched alkanes of at least 4 members (excludes halogenated alkanes) is 4. The summed E-state index contributed by atoms with van der Waals surface area (Å²) < 4.78 is 32.0. The molecule has 0 unspecified atom stereocenters. The van der Waals surface area contributed by atoms with Crippen molar-refractivity contribution in [2.45, 2.75) is 65.4 Å². The summed E-state index contributed by atoms with van der Waals surface area (Å²) in [6.45, 7) is 11.2. The lowest BCUT2D eigenvalue weighted by Gasteiger charge is -2.09. The van der Waals surface area contributed by atoms with E-state index in [1.807, 2.05) is 13.8 Å². The Morgan fingerprint density at radius 2 is 1.11 bits per heavy atom. The van der Waals surface area contributed by atoms with Crippen molar-refractivity contribution in [1.82, 2.24) is 0 Å². The van der Waals surface area contributed by atoms with Crippen molar-refractivity contribution in [3.05, 3.63) is 0 Å². The molecule has 0 aromatic carbocycles. The molecule has 28 heavy (non-hydrogen) atoms. The van der Waals surface area contributed by atoms with Crippen molar-refractivity contribution in [1.29, 1.82) is 0 Å². The highest BCUT2D eigenvalue weighted by Crippen LogP contribution is 2.05. The Bertz CT molecular complexity index is 324. The molecule has 0 aliphatic heterocycles. The molecule has 0 N–H and O–H groups in total. The molecule has 7 nitrogen and oxygen atoms in total. The van der Waals surface area contributed by atoms with E-state index in [0.717, 1.165) is 12.8 Å². The van der Waals surface area contributed by atoms with Gasteiger partial charge in [0.2, 0.25) is 0 Å². The second kappa shape index (κ2) is 22.6. The Morgan fingerprint density at radius 1 is 0.643 bits per heavy atom. The van der Waals surface area contributed by atoms with Crippen LogP contribution in [0.25, 0.3) is 0 Å². The lowest BCUT2D eigenvalue weighted by molar-refractivity contribution is -0.145. The van der Waals surface area contributed by atoms with Gasteiger partial charge in [-0.05, 0) is 20.3 Å². The molecule has 0 atom stereocenters. The van der Waals surface area contributed by atoms with Gasteiger partial charge in [0.05, 0.1) is 65.6 Å². The molecule has 0 saturated heterocycles. The first-order chi connectivity index (χ1) is 13.7. The van der Waals surface area contributed by atoms with E-state index in [1.54, 1.807) is 0 Å². The zero-order valence-corrected chi connectivity index (χ0v) is 18.2. The van der Waals surface area contributed by atoms with Crippen LogP contribution >= 0.6 is 0 Å². The summed E-state index contributed by atoms with van der Waals surface area (Å²) in [6.07, 6.45) is 6.39. The maximum absolute atomic E-state index is 11.5. The number of hydrogen-bond acceptors (Lipinski definition) is 7. The molecule has 0 rings (SSSR count). The van der Waals surface area contributed by atoms with Crippen LogP contribution in [0.15, 0.2) is 0 Å². The van der Waals surface area contributed by atoms with Gasteiger partial charge in [0.1, 0.15) is 6.61 Å². The number of rotatable bonds is 22. The van der Waals surface area contributed by atoms with E-state index < -0.39 is 0 Å². The van der Waals surface area contributed by atoms with Crippen LogP contribution in [0.2, 0.25) is 0 Å². The summed E-state index contributed by atoms with van der Waals surface area (Å²) in [5.74, 6) is -0.134. The molecule has 0 radical (unpaired) electrons. The van der Waals surface area contributed by atoms with E-state index in [1.165, 1.54) is 19.3 Å². The minimum absolute atomic E-state index is 0.134. The number of hydrogen-bond donors (Lipinski definition) is 0. The predicted octanol–water partition coefficient (Wildman–Crippen LogP) is 3.38. The molecule has 0 fully saturated rings. The standard InChI is InChI=1S/C21H42O7/c1-4-5-6-7-8-9-21(22)28-19-17-26-15-13-24-11-10-23-12-14-25-16-18-27-20(2)3/h20H,4-19H2,1-3H3. The molecule has 0 spiro atoms. The summed E-state index contributed by atoms with van der Waals surface area (Å²) in [5.41, 5.74) is 0. The van der Waals surface area contributed by atoms with Gasteiger partial charge in [-0.15, -0.1) is 0 Å². The van der Waals surface area contributed by atoms with Crippen LogP contribution in [0.1, 0.15) is 59.3 Å².